The van der Waals surface area contributed by atoms with Gasteiger partial charge in [0.15, 0.2) is 0 Å². The molecule has 3 atom stereocenters. The fourth-order valence-electron chi connectivity index (χ4n) is 3.16. The van der Waals surface area contributed by atoms with Gasteiger partial charge in [-0.3, -0.25) is 9.89 Å². The lowest BCUT2D eigenvalue weighted by Gasteiger charge is -2.01. The first-order valence-electron chi connectivity index (χ1n) is 5.61. The summed E-state index contributed by atoms with van der Waals surface area (Å²) < 4.78 is 0. The molecule has 1 amide bonds. The number of aromatic amines is 1. The van der Waals surface area contributed by atoms with Crippen molar-refractivity contribution in [3.63, 3.8) is 0 Å². The Morgan fingerprint density at radius 3 is 3.13 bits per heavy atom. The third kappa shape index (κ3) is 1.07. The Hall–Kier alpha value is -1.32. The van der Waals surface area contributed by atoms with Crippen LogP contribution in [0, 0.1) is 11.8 Å². The minimum absolute atomic E-state index is 0.378. The number of nitrogens with two attached hydrogens (primary N) is 1. The molecular formula is C11H15N3O. The average Bonchev–Trinajstić information content (AvgIpc) is 2.60. The lowest BCUT2D eigenvalue weighted by molar-refractivity contribution is 0.0994. The normalized spacial score (nSPS) is 31.1. The summed E-state index contributed by atoms with van der Waals surface area (Å²) in [6.45, 7) is 2.22. The molecule has 0 saturated heterocycles. The van der Waals surface area contributed by atoms with Crippen LogP contribution in [0.25, 0.3) is 0 Å². The monoisotopic (exact) mass is 205 g/mol. The van der Waals surface area contributed by atoms with Crippen molar-refractivity contribution in [2.24, 2.45) is 17.6 Å². The summed E-state index contributed by atoms with van der Waals surface area (Å²) in [5.74, 6) is 1.79. The quantitative estimate of drug-likeness (QED) is 0.778. The number of nitrogens with one attached hydrogen (secondary N) is 1. The van der Waals surface area contributed by atoms with Crippen molar-refractivity contribution in [1.29, 1.82) is 0 Å². The summed E-state index contributed by atoms with van der Waals surface area (Å²) in [7, 11) is 0. The Balaban J connectivity index is 1.88. The minimum atomic E-state index is -0.378. The van der Waals surface area contributed by atoms with Crippen molar-refractivity contribution in [2.45, 2.75) is 32.1 Å². The molecular weight excluding hydrogens is 190 g/mol. The van der Waals surface area contributed by atoms with Crippen LogP contribution in [0.5, 0.6) is 0 Å². The molecule has 3 N–H and O–H groups in total. The van der Waals surface area contributed by atoms with Gasteiger partial charge in [0.05, 0.1) is 5.69 Å². The van der Waals surface area contributed by atoms with E-state index in [2.05, 4.69) is 17.1 Å². The molecule has 1 heterocycles. The maximum Gasteiger partial charge on any atom is 0.267 e. The van der Waals surface area contributed by atoms with Crippen molar-refractivity contribution in [3.05, 3.63) is 17.0 Å². The number of H-pyrrole nitrogens is 1. The molecule has 0 aromatic carbocycles. The predicted octanol–water partition coefficient (Wildman–Crippen LogP) is 1.19. The fourth-order valence-corrected chi connectivity index (χ4v) is 3.16. The van der Waals surface area contributed by atoms with Crippen molar-refractivity contribution in [2.75, 3.05) is 0 Å². The second kappa shape index (κ2) is 2.84. The Kier molecular flexibility index (Phi) is 1.69. The first kappa shape index (κ1) is 8.95. The van der Waals surface area contributed by atoms with E-state index in [0.29, 0.717) is 11.6 Å². The van der Waals surface area contributed by atoms with E-state index in [9.17, 15) is 4.79 Å². The van der Waals surface area contributed by atoms with Gasteiger partial charge >= 0.3 is 0 Å². The zero-order valence-electron chi connectivity index (χ0n) is 8.79. The number of hydrogen-bond donors (Lipinski definition) is 2. The second-order valence-corrected chi connectivity index (χ2v) is 4.67. The third-order valence-electron chi connectivity index (χ3n) is 3.85. The Bertz CT molecular complexity index is 423. The van der Waals surface area contributed by atoms with Crippen LogP contribution >= 0.6 is 0 Å². The van der Waals surface area contributed by atoms with E-state index in [1.807, 2.05) is 0 Å². The van der Waals surface area contributed by atoms with Gasteiger partial charge < -0.3 is 5.73 Å². The van der Waals surface area contributed by atoms with Crippen LogP contribution in [0.15, 0.2) is 0 Å². The molecule has 0 bridgehead atoms. The highest BCUT2D eigenvalue weighted by Crippen LogP contribution is 2.62. The molecule has 0 spiro atoms. The highest BCUT2D eigenvalue weighted by molar-refractivity contribution is 5.92. The highest BCUT2D eigenvalue weighted by Gasteiger charge is 2.57. The number of amides is 1. The maximum atomic E-state index is 11.1. The number of hydrogen-bond acceptors (Lipinski definition) is 2. The number of carbonyl (C=O) groups is 1. The van der Waals surface area contributed by atoms with Gasteiger partial charge in [-0.1, -0.05) is 13.3 Å². The van der Waals surface area contributed by atoms with Gasteiger partial charge in [0.25, 0.3) is 5.91 Å². The van der Waals surface area contributed by atoms with E-state index >= 15 is 0 Å². The number of aromatic nitrogens is 2. The molecule has 1 aromatic rings. The van der Waals surface area contributed by atoms with Crippen LogP contribution in [0.4, 0.5) is 0 Å². The third-order valence-corrected chi connectivity index (χ3v) is 3.85. The summed E-state index contributed by atoms with van der Waals surface area (Å²) >= 11 is 0. The first-order chi connectivity index (χ1) is 7.24. The predicted molar refractivity (Wildman–Crippen MR) is 55.4 cm³/mol. The molecule has 4 heteroatoms. The van der Waals surface area contributed by atoms with Crippen molar-refractivity contribution in [3.8, 4) is 0 Å². The molecule has 3 rings (SSSR count). The molecule has 0 radical (unpaired) electrons. The zero-order chi connectivity index (χ0) is 10.6. The van der Waals surface area contributed by atoms with Crippen LogP contribution in [0.1, 0.15) is 47.4 Å². The standard InChI is InChI=1S/C11H15N3O/c1-2-3-5-6-4-7-9(8(5)6)13-14-10(7)11(12)15/h5-6,8H,2-4H2,1H3,(H2,12,15)(H,13,14). The van der Waals surface area contributed by atoms with Crippen molar-refractivity contribution in [1.82, 2.24) is 10.2 Å². The lowest BCUT2D eigenvalue weighted by Crippen LogP contribution is -2.14. The lowest BCUT2D eigenvalue weighted by atomic mass is 10.0. The van der Waals surface area contributed by atoms with Crippen molar-refractivity contribution >= 4 is 5.91 Å². The maximum absolute atomic E-state index is 11.1. The van der Waals surface area contributed by atoms with Crippen LogP contribution in [-0.2, 0) is 6.42 Å². The molecule has 2 aliphatic carbocycles. The van der Waals surface area contributed by atoms with E-state index in [4.69, 9.17) is 5.73 Å². The number of fused-ring (bicyclic) bond motifs is 3. The smallest absolute Gasteiger partial charge is 0.267 e. The topological polar surface area (TPSA) is 71.8 Å². The molecule has 4 nitrogen and oxygen atoms in total. The van der Waals surface area contributed by atoms with E-state index in [-0.39, 0.29) is 5.91 Å². The van der Waals surface area contributed by atoms with Gasteiger partial charge in [-0.25, -0.2) is 0 Å². The van der Waals surface area contributed by atoms with Gasteiger partial charge in [-0.2, -0.15) is 5.10 Å². The summed E-state index contributed by atoms with van der Waals surface area (Å²) in [5, 5.41) is 7.02. The average molecular weight is 205 g/mol. The fraction of sp³-hybridized carbons (Fsp3) is 0.636. The zero-order valence-corrected chi connectivity index (χ0v) is 8.79. The Morgan fingerprint density at radius 2 is 2.47 bits per heavy atom. The molecule has 3 unspecified atom stereocenters. The van der Waals surface area contributed by atoms with Gasteiger partial charge in [-0.15, -0.1) is 0 Å². The van der Waals surface area contributed by atoms with E-state index in [1.54, 1.807) is 0 Å². The van der Waals surface area contributed by atoms with E-state index in [1.165, 1.54) is 12.8 Å². The molecule has 0 aliphatic heterocycles. The van der Waals surface area contributed by atoms with Gasteiger partial charge in [0.1, 0.15) is 5.69 Å². The second-order valence-electron chi connectivity index (χ2n) is 4.67. The highest BCUT2D eigenvalue weighted by atomic mass is 16.1. The Morgan fingerprint density at radius 1 is 1.67 bits per heavy atom. The largest absolute Gasteiger partial charge is 0.364 e. The van der Waals surface area contributed by atoms with Gasteiger partial charge in [0.2, 0.25) is 0 Å². The van der Waals surface area contributed by atoms with Gasteiger partial charge in [0, 0.05) is 11.5 Å². The van der Waals surface area contributed by atoms with Crippen LogP contribution in [-0.4, -0.2) is 16.1 Å². The number of primary amides is 1. The summed E-state index contributed by atoms with van der Waals surface area (Å²) in [6, 6.07) is 0. The molecule has 1 aromatic heterocycles. The SMILES string of the molecule is CCCC1C2Cc3c(n[nH]c3C(N)=O)C12. The molecule has 80 valence electrons. The summed E-state index contributed by atoms with van der Waals surface area (Å²) in [5.41, 5.74) is 8.01. The number of carbonyl (C=O) groups excluding carboxylic acids is 1. The molecule has 2 aliphatic rings. The first-order valence-corrected chi connectivity index (χ1v) is 5.61. The molecule has 1 saturated carbocycles. The summed E-state index contributed by atoms with van der Waals surface area (Å²) in [6.07, 6.45) is 3.52. The number of nitrogens with zero attached hydrogens (tertiary/aromatic N) is 1. The number of rotatable bonds is 3. The van der Waals surface area contributed by atoms with Gasteiger partial charge in [-0.05, 0) is 24.7 Å². The molecule has 1 fully saturated rings. The Labute approximate surface area is 88.2 Å². The summed E-state index contributed by atoms with van der Waals surface area (Å²) in [4.78, 5) is 11.1. The van der Waals surface area contributed by atoms with E-state index in [0.717, 1.165) is 29.5 Å². The van der Waals surface area contributed by atoms with E-state index < -0.39 is 0 Å². The molecule has 15 heavy (non-hydrogen) atoms. The van der Waals surface area contributed by atoms with Crippen molar-refractivity contribution < 1.29 is 4.79 Å². The van der Waals surface area contributed by atoms with Crippen LogP contribution < -0.4 is 5.73 Å². The van der Waals surface area contributed by atoms with Crippen LogP contribution in [0.3, 0.4) is 0 Å². The van der Waals surface area contributed by atoms with Crippen LogP contribution in [0.2, 0.25) is 0 Å². The minimum Gasteiger partial charge on any atom is -0.364 e.